The van der Waals surface area contributed by atoms with Crippen molar-refractivity contribution in [2.24, 2.45) is 0 Å². The molecule has 3 N–H and O–H groups in total. The van der Waals surface area contributed by atoms with E-state index >= 15 is 0 Å². The van der Waals surface area contributed by atoms with Gasteiger partial charge in [0.15, 0.2) is 0 Å². The van der Waals surface area contributed by atoms with Crippen LogP contribution in [0.25, 0.3) is 0 Å². The van der Waals surface area contributed by atoms with Gasteiger partial charge in [0, 0.05) is 0 Å². The van der Waals surface area contributed by atoms with Crippen molar-refractivity contribution in [3.8, 4) is 11.5 Å². The fourth-order valence-electron chi connectivity index (χ4n) is 2.03. The van der Waals surface area contributed by atoms with E-state index < -0.39 is 11.8 Å². The van der Waals surface area contributed by atoms with Crippen LogP contribution in [0.1, 0.15) is 11.1 Å². The Balaban J connectivity index is 2.11. The highest BCUT2D eigenvalue weighted by atomic mass is 16.5. The predicted octanol–water partition coefficient (Wildman–Crippen LogP) is 2.59. The second-order valence-electron chi connectivity index (χ2n) is 5.13. The Morgan fingerprint density at radius 2 is 1.48 bits per heavy atom. The van der Waals surface area contributed by atoms with E-state index in [1.54, 1.807) is 18.2 Å². The van der Waals surface area contributed by atoms with Crippen molar-refractivity contribution in [2.45, 2.75) is 13.8 Å². The first kappa shape index (κ1) is 16.4. The number of carbonyl (C=O) groups is 2. The van der Waals surface area contributed by atoms with Gasteiger partial charge in [0.25, 0.3) is 0 Å². The van der Waals surface area contributed by atoms with Gasteiger partial charge in [0.05, 0.1) is 18.5 Å². The fraction of sp³-hybridized carbons (Fsp3) is 0.176. The number of aromatic hydroxyl groups is 1. The smallest absolute Gasteiger partial charge is 0.314 e. The Morgan fingerprint density at radius 1 is 0.913 bits per heavy atom. The molecule has 0 aliphatic carbocycles. The Labute approximate surface area is 134 Å². The van der Waals surface area contributed by atoms with Gasteiger partial charge >= 0.3 is 11.8 Å². The zero-order valence-corrected chi connectivity index (χ0v) is 13.1. The molecule has 0 radical (unpaired) electrons. The van der Waals surface area contributed by atoms with E-state index in [1.807, 2.05) is 19.9 Å². The lowest BCUT2D eigenvalue weighted by Crippen LogP contribution is -2.29. The number of anilines is 2. The van der Waals surface area contributed by atoms with E-state index in [2.05, 4.69) is 10.6 Å². The highest BCUT2D eigenvalue weighted by molar-refractivity contribution is 6.43. The summed E-state index contributed by atoms with van der Waals surface area (Å²) in [5, 5.41) is 14.6. The Hall–Kier alpha value is -3.02. The van der Waals surface area contributed by atoms with E-state index in [9.17, 15) is 14.7 Å². The molecular formula is C17H18N2O4. The lowest BCUT2D eigenvalue weighted by atomic mass is 10.2. The molecule has 120 valence electrons. The molecule has 0 saturated heterocycles. The maximum absolute atomic E-state index is 12.0. The molecule has 0 atom stereocenters. The molecule has 0 aromatic heterocycles. The maximum Gasteiger partial charge on any atom is 0.314 e. The van der Waals surface area contributed by atoms with Crippen LogP contribution in [-0.4, -0.2) is 24.0 Å². The fourth-order valence-corrected chi connectivity index (χ4v) is 2.03. The topological polar surface area (TPSA) is 87.7 Å². The van der Waals surface area contributed by atoms with Gasteiger partial charge in [-0.05, 0) is 49.2 Å². The van der Waals surface area contributed by atoms with Gasteiger partial charge in [-0.2, -0.15) is 0 Å². The minimum absolute atomic E-state index is 0.0979. The summed E-state index contributed by atoms with van der Waals surface area (Å²) in [6.07, 6.45) is 0. The summed E-state index contributed by atoms with van der Waals surface area (Å²) in [6, 6.07) is 9.98. The highest BCUT2D eigenvalue weighted by Crippen LogP contribution is 2.26. The van der Waals surface area contributed by atoms with Crippen LogP contribution in [0.3, 0.4) is 0 Å². The molecule has 0 saturated carbocycles. The molecule has 0 aliphatic rings. The second kappa shape index (κ2) is 6.83. The van der Waals surface area contributed by atoms with Crippen molar-refractivity contribution in [3.05, 3.63) is 47.5 Å². The lowest BCUT2D eigenvalue weighted by Gasteiger charge is -2.11. The second-order valence-corrected chi connectivity index (χ2v) is 5.13. The van der Waals surface area contributed by atoms with Gasteiger partial charge in [-0.1, -0.05) is 12.1 Å². The van der Waals surface area contributed by atoms with E-state index in [0.29, 0.717) is 11.4 Å². The first-order valence-corrected chi connectivity index (χ1v) is 6.97. The molecular weight excluding hydrogens is 296 g/mol. The highest BCUT2D eigenvalue weighted by Gasteiger charge is 2.17. The Morgan fingerprint density at radius 3 is 2.09 bits per heavy atom. The van der Waals surface area contributed by atoms with E-state index in [4.69, 9.17) is 4.74 Å². The number of aryl methyl sites for hydroxylation is 2. The summed E-state index contributed by atoms with van der Waals surface area (Å²) < 4.78 is 5.15. The number of methoxy groups -OCH3 is 1. The first-order valence-electron chi connectivity index (χ1n) is 6.97. The Bertz CT molecular complexity index is 756. The van der Waals surface area contributed by atoms with E-state index in [1.165, 1.54) is 19.2 Å². The molecule has 0 unspecified atom stereocenters. The molecule has 6 nitrogen and oxygen atoms in total. The quantitative estimate of drug-likeness (QED) is 0.600. The first-order chi connectivity index (χ1) is 10.9. The monoisotopic (exact) mass is 314 g/mol. The number of hydrogen-bond donors (Lipinski definition) is 3. The van der Waals surface area contributed by atoms with Gasteiger partial charge < -0.3 is 20.5 Å². The average molecular weight is 314 g/mol. The van der Waals surface area contributed by atoms with E-state index in [0.717, 1.165) is 11.1 Å². The third-order valence-electron chi connectivity index (χ3n) is 3.21. The van der Waals surface area contributed by atoms with Crippen molar-refractivity contribution in [1.29, 1.82) is 0 Å². The van der Waals surface area contributed by atoms with Crippen molar-refractivity contribution < 1.29 is 19.4 Å². The number of ether oxygens (including phenoxy) is 1. The predicted molar refractivity (Wildman–Crippen MR) is 87.8 cm³/mol. The summed E-state index contributed by atoms with van der Waals surface area (Å²) >= 11 is 0. The zero-order chi connectivity index (χ0) is 17.0. The molecule has 0 bridgehead atoms. The molecule has 0 fully saturated rings. The van der Waals surface area contributed by atoms with Crippen LogP contribution in [-0.2, 0) is 9.59 Å². The Kier molecular flexibility index (Phi) is 4.85. The summed E-state index contributed by atoms with van der Waals surface area (Å²) in [5.41, 5.74) is 2.33. The molecule has 2 aromatic rings. The van der Waals surface area contributed by atoms with E-state index in [-0.39, 0.29) is 11.4 Å². The van der Waals surface area contributed by atoms with Crippen molar-refractivity contribution in [2.75, 3.05) is 17.7 Å². The number of nitrogens with one attached hydrogen (secondary N) is 2. The van der Waals surface area contributed by atoms with Crippen molar-refractivity contribution >= 4 is 23.2 Å². The third kappa shape index (κ3) is 4.00. The van der Waals surface area contributed by atoms with Gasteiger partial charge in [-0.25, -0.2) is 0 Å². The van der Waals surface area contributed by atoms with Crippen LogP contribution >= 0.6 is 0 Å². The molecule has 23 heavy (non-hydrogen) atoms. The molecule has 6 heteroatoms. The molecule has 0 heterocycles. The van der Waals surface area contributed by atoms with Gasteiger partial charge in [0.1, 0.15) is 11.5 Å². The van der Waals surface area contributed by atoms with Crippen LogP contribution < -0.4 is 15.4 Å². The summed E-state index contributed by atoms with van der Waals surface area (Å²) in [6.45, 7) is 3.67. The molecule has 0 aliphatic heterocycles. The number of phenolic OH excluding ortho intramolecular Hbond substituents is 1. The number of hydrogen-bond acceptors (Lipinski definition) is 4. The van der Waals surface area contributed by atoms with Crippen LogP contribution in [0.5, 0.6) is 11.5 Å². The number of rotatable bonds is 3. The minimum Gasteiger partial charge on any atom is -0.506 e. The normalized spacial score (nSPS) is 10.0. The summed E-state index contributed by atoms with van der Waals surface area (Å²) in [4.78, 5) is 24.0. The zero-order valence-electron chi connectivity index (χ0n) is 13.1. The minimum atomic E-state index is -0.882. The van der Waals surface area contributed by atoms with Crippen LogP contribution in [0.2, 0.25) is 0 Å². The SMILES string of the molecule is COc1ccc(C)cc1NC(=O)C(=O)Nc1ccc(C)cc1O. The maximum atomic E-state index is 12.0. The molecule has 2 amide bonds. The lowest BCUT2D eigenvalue weighted by molar-refractivity contribution is -0.133. The standard InChI is InChI=1S/C17H18N2O4/c1-10-5-7-15(23-3)13(8-10)19-17(22)16(21)18-12-6-4-11(2)9-14(12)20/h4-9,20H,1-3H3,(H,18,21)(H,19,22). The molecule has 2 aromatic carbocycles. The van der Waals surface area contributed by atoms with Crippen LogP contribution in [0.4, 0.5) is 11.4 Å². The largest absolute Gasteiger partial charge is 0.506 e. The summed E-state index contributed by atoms with van der Waals surface area (Å²) in [7, 11) is 1.48. The van der Waals surface area contributed by atoms with Gasteiger partial charge in [0.2, 0.25) is 0 Å². The van der Waals surface area contributed by atoms with Gasteiger partial charge in [-0.15, -0.1) is 0 Å². The molecule has 2 rings (SSSR count). The van der Waals surface area contributed by atoms with Crippen LogP contribution in [0, 0.1) is 13.8 Å². The number of carbonyl (C=O) groups excluding carboxylic acids is 2. The van der Waals surface area contributed by atoms with Gasteiger partial charge in [-0.3, -0.25) is 9.59 Å². The number of benzene rings is 2. The van der Waals surface area contributed by atoms with Crippen molar-refractivity contribution in [1.82, 2.24) is 0 Å². The molecule has 0 spiro atoms. The average Bonchev–Trinajstić information content (AvgIpc) is 2.50. The number of amides is 2. The van der Waals surface area contributed by atoms with Crippen molar-refractivity contribution in [3.63, 3.8) is 0 Å². The third-order valence-corrected chi connectivity index (χ3v) is 3.21. The summed E-state index contributed by atoms with van der Waals surface area (Å²) in [5.74, 6) is -1.38. The number of phenols is 1. The van der Waals surface area contributed by atoms with Crippen LogP contribution in [0.15, 0.2) is 36.4 Å².